The van der Waals surface area contributed by atoms with E-state index in [0.29, 0.717) is 6.54 Å². The summed E-state index contributed by atoms with van der Waals surface area (Å²) < 4.78 is 0. The highest BCUT2D eigenvalue weighted by molar-refractivity contribution is 4.91. The number of nitrogens with one attached hydrogen (secondary N) is 1. The van der Waals surface area contributed by atoms with Gasteiger partial charge < -0.3 is 20.6 Å². The second kappa shape index (κ2) is 6.43. The maximum absolute atomic E-state index is 9.69. The number of hydrogen-bond acceptors (Lipinski definition) is 4. The minimum Gasteiger partial charge on any atom is -0.389 e. The fourth-order valence-corrected chi connectivity index (χ4v) is 2.04. The number of unbranched alkanes of at least 4 members (excludes halogenated alkanes) is 3. The Morgan fingerprint density at radius 1 is 1.07 bits per heavy atom. The zero-order valence-electron chi connectivity index (χ0n) is 9.39. The van der Waals surface area contributed by atoms with Crippen molar-refractivity contribution in [1.29, 1.82) is 0 Å². The third kappa shape index (κ3) is 3.72. The Morgan fingerprint density at radius 2 is 1.80 bits per heavy atom. The molecule has 0 aromatic carbocycles. The first-order valence-corrected chi connectivity index (χ1v) is 5.94. The predicted molar refractivity (Wildman–Crippen MR) is 58.6 cm³/mol. The van der Waals surface area contributed by atoms with E-state index in [1.807, 2.05) is 0 Å². The van der Waals surface area contributed by atoms with Crippen LogP contribution in [0.3, 0.4) is 0 Å². The summed E-state index contributed by atoms with van der Waals surface area (Å²) in [5.41, 5.74) is 0. The zero-order chi connectivity index (χ0) is 11.3. The number of rotatable bonds is 5. The Hall–Kier alpha value is -0.160. The molecule has 0 aromatic rings. The van der Waals surface area contributed by atoms with Crippen molar-refractivity contribution >= 4 is 0 Å². The standard InChI is InChI=1S/C11H23NO3/c1-2-3-4-5-6-8-10(14)11(15)9(13)7-12-8/h8-15H,2-7H2,1H3/t8-,9-,10+,11+/m1/s1. The largest absolute Gasteiger partial charge is 0.389 e. The first-order valence-electron chi connectivity index (χ1n) is 5.94. The van der Waals surface area contributed by atoms with Crippen LogP contribution in [-0.2, 0) is 0 Å². The maximum atomic E-state index is 9.69. The van der Waals surface area contributed by atoms with Crippen molar-refractivity contribution in [3.63, 3.8) is 0 Å². The Labute approximate surface area is 91.3 Å². The molecule has 0 radical (unpaired) electrons. The summed E-state index contributed by atoms with van der Waals surface area (Å²) in [7, 11) is 0. The van der Waals surface area contributed by atoms with E-state index in [9.17, 15) is 15.3 Å². The molecule has 15 heavy (non-hydrogen) atoms. The molecule has 0 amide bonds. The second-order valence-electron chi connectivity index (χ2n) is 4.41. The van der Waals surface area contributed by atoms with Gasteiger partial charge in [-0.2, -0.15) is 0 Å². The van der Waals surface area contributed by atoms with Crippen molar-refractivity contribution in [3.05, 3.63) is 0 Å². The molecule has 1 fully saturated rings. The molecule has 0 unspecified atom stereocenters. The van der Waals surface area contributed by atoms with E-state index in [2.05, 4.69) is 12.2 Å². The van der Waals surface area contributed by atoms with Gasteiger partial charge in [0, 0.05) is 12.6 Å². The molecule has 4 atom stereocenters. The van der Waals surface area contributed by atoms with Crippen LogP contribution in [0.25, 0.3) is 0 Å². The lowest BCUT2D eigenvalue weighted by molar-refractivity contribution is -0.0952. The number of piperidine rings is 1. The summed E-state index contributed by atoms with van der Waals surface area (Å²) in [5, 5.41) is 31.5. The van der Waals surface area contributed by atoms with Crippen molar-refractivity contribution in [2.75, 3.05) is 6.54 Å². The van der Waals surface area contributed by atoms with E-state index in [1.165, 1.54) is 19.3 Å². The van der Waals surface area contributed by atoms with E-state index >= 15 is 0 Å². The molecule has 1 aliphatic rings. The maximum Gasteiger partial charge on any atom is 0.108 e. The zero-order valence-corrected chi connectivity index (χ0v) is 9.39. The van der Waals surface area contributed by atoms with Crippen molar-refractivity contribution in [2.24, 2.45) is 0 Å². The van der Waals surface area contributed by atoms with Gasteiger partial charge in [0.1, 0.15) is 6.10 Å². The number of β-amino-alcohol motifs (C(OH)–C–C–N with tert-alkyl or cyclic N) is 1. The fraction of sp³-hybridized carbons (Fsp3) is 1.00. The molecule has 0 aliphatic carbocycles. The third-order valence-electron chi connectivity index (χ3n) is 3.11. The van der Waals surface area contributed by atoms with Crippen LogP contribution in [0.15, 0.2) is 0 Å². The summed E-state index contributed by atoms with van der Waals surface area (Å²) in [6.07, 6.45) is 2.83. The van der Waals surface area contributed by atoms with Gasteiger partial charge in [0.15, 0.2) is 0 Å². The molecule has 1 heterocycles. The first kappa shape index (κ1) is 12.9. The van der Waals surface area contributed by atoms with Crippen molar-refractivity contribution in [1.82, 2.24) is 5.32 Å². The third-order valence-corrected chi connectivity index (χ3v) is 3.11. The normalized spacial score (nSPS) is 36.8. The van der Waals surface area contributed by atoms with Crippen LogP contribution in [0, 0.1) is 0 Å². The molecule has 1 aliphatic heterocycles. The summed E-state index contributed by atoms with van der Waals surface area (Å²) in [4.78, 5) is 0. The van der Waals surface area contributed by atoms with Gasteiger partial charge in [-0.15, -0.1) is 0 Å². The second-order valence-corrected chi connectivity index (χ2v) is 4.41. The number of aliphatic hydroxyl groups is 3. The Kier molecular flexibility index (Phi) is 5.53. The highest BCUT2D eigenvalue weighted by Gasteiger charge is 2.35. The molecule has 4 N–H and O–H groups in total. The van der Waals surface area contributed by atoms with Crippen LogP contribution in [0.4, 0.5) is 0 Å². The van der Waals surface area contributed by atoms with Crippen LogP contribution >= 0.6 is 0 Å². The van der Waals surface area contributed by atoms with E-state index < -0.39 is 18.3 Å². The average molecular weight is 217 g/mol. The fourth-order valence-electron chi connectivity index (χ4n) is 2.04. The predicted octanol–water partition coefficient (Wildman–Crippen LogP) is 0.0113. The summed E-state index contributed by atoms with van der Waals surface area (Å²) in [6, 6.07) is -0.0692. The van der Waals surface area contributed by atoms with Gasteiger partial charge in [0.2, 0.25) is 0 Å². The van der Waals surface area contributed by atoms with Crippen LogP contribution < -0.4 is 5.32 Å². The molecule has 0 spiro atoms. The van der Waals surface area contributed by atoms with Crippen LogP contribution in [0.5, 0.6) is 0 Å². The average Bonchev–Trinajstić information content (AvgIpc) is 2.24. The van der Waals surface area contributed by atoms with Crippen LogP contribution in [0.2, 0.25) is 0 Å². The van der Waals surface area contributed by atoms with Gasteiger partial charge in [-0.25, -0.2) is 0 Å². The molecule has 90 valence electrons. The van der Waals surface area contributed by atoms with Crippen LogP contribution in [0.1, 0.15) is 39.0 Å². The summed E-state index contributed by atoms with van der Waals surface area (Å²) in [5.74, 6) is 0. The van der Waals surface area contributed by atoms with Gasteiger partial charge in [-0.1, -0.05) is 32.6 Å². The minimum atomic E-state index is -0.998. The van der Waals surface area contributed by atoms with E-state index in [0.717, 1.165) is 12.8 Å². The smallest absolute Gasteiger partial charge is 0.108 e. The number of aliphatic hydroxyl groups excluding tert-OH is 3. The molecular formula is C11H23NO3. The highest BCUT2D eigenvalue weighted by Crippen LogP contribution is 2.16. The molecule has 4 nitrogen and oxygen atoms in total. The van der Waals surface area contributed by atoms with Gasteiger partial charge in [-0.05, 0) is 6.42 Å². The first-order chi connectivity index (χ1) is 7.16. The highest BCUT2D eigenvalue weighted by atomic mass is 16.4. The van der Waals surface area contributed by atoms with Gasteiger partial charge in [0.05, 0.1) is 12.2 Å². The van der Waals surface area contributed by atoms with Crippen molar-refractivity contribution in [3.8, 4) is 0 Å². The Morgan fingerprint density at radius 3 is 2.47 bits per heavy atom. The van der Waals surface area contributed by atoms with Gasteiger partial charge in [0.25, 0.3) is 0 Å². The molecule has 1 rings (SSSR count). The Bertz CT molecular complexity index is 177. The Balaban J connectivity index is 2.23. The monoisotopic (exact) mass is 217 g/mol. The van der Waals surface area contributed by atoms with Gasteiger partial charge >= 0.3 is 0 Å². The van der Waals surface area contributed by atoms with E-state index in [1.54, 1.807) is 0 Å². The molecule has 0 bridgehead atoms. The van der Waals surface area contributed by atoms with Crippen molar-refractivity contribution in [2.45, 2.75) is 63.4 Å². The topological polar surface area (TPSA) is 72.7 Å². The van der Waals surface area contributed by atoms with Gasteiger partial charge in [-0.3, -0.25) is 0 Å². The molecule has 1 saturated heterocycles. The molecular weight excluding hydrogens is 194 g/mol. The van der Waals surface area contributed by atoms with Crippen molar-refractivity contribution < 1.29 is 15.3 Å². The quantitative estimate of drug-likeness (QED) is 0.490. The minimum absolute atomic E-state index is 0.0692. The molecule has 0 aromatic heterocycles. The lowest BCUT2D eigenvalue weighted by Gasteiger charge is -2.36. The summed E-state index contributed by atoms with van der Waals surface area (Å²) >= 11 is 0. The van der Waals surface area contributed by atoms with E-state index in [-0.39, 0.29) is 6.04 Å². The lowest BCUT2D eigenvalue weighted by atomic mass is 9.92. The van der Waals surface area contributed by atoms with E-state index in [4.69, 9.17) is 0 Å². The summed E-state index contributed by atoms with van der Waals surface area (Å²) in [6.45, 7) is 2.53. The molecule has 4 heteroatoms. The lowest BCUT2D eigenvalue weighted by Crippen LogP contribution is -2.59. The van der Waals surface area contributed by atoms with Crippen LogP contribution in [-0.4, -0.2) is 46.2 Å². The molecule has 0 saturated carbocycles. The number of hydrogen-bond donors (Lipinski definition) is 4. The SMILES string of the molecule is CCCCCC[C@H]1NC[C@@H](O)[C@H](O)[C@H]1O.